The molecular weight excluding hydrogens is 166 g/mol. The van der Waals surface area contributed by atoms with E-state index in [4.69, 9.17) is 4.74 Å². The van der Waals surface area contributed by atoms with E-state index in [9.17, 15) is 4.79 Å². The van der Waals surface area contributed by atoms with Crippen molar-refractivity contribution in [2.24, 2.45) is 5.92 Å². The Balaban J connectivity index is 2.32. The van der Waals surface area contributed by atoms with Gasteiger partial charge in [0.15, 0.2) is 0 Å². The molecule has 0 saturated carbocycles. The number of rotatable bonds is 4. The van der Waals surface area contributed by atoms with Gasteiger partial charge in [-0.3, -0.25) is 4.79 Å². The van der Waals surface area contributed by atoms with Gasteiger partial charge < -0.3 is 10.1 Å². The third-order valence-corrected chi connectivity index (χ3v) is 2.61. The molecular formula is C10H19NO2. The molecule has 0 aliphatic carbocycles. The van der Waals surface area contributed by atoms with Gasteiger partial charge in [-0.2, -0.15) is 0 Å². The van der Waals surface area contributed by atoms with Crippen molar-refractivity contribution >= 4 is 6.47 Å². The number of carbonyl (C=O) groups is 1. The molecule has 0 radical (unpaired) electrons. The Morgan fingerprint density at radius 1 is 1.46 bits per heavy atom. The van der Waals surface area contributed by atoms with Crippen LogP contribution in [-0.4, -0.2) is 25.2 Å². The van der Waals surface area contributed by atoms with Crippen molar-refractivity contribution < 1.29 is 9.53 Å². The van der Waals surface area contributed by atoms with Crippen LogP contribution in [-0.2, 0) is 9.53 Å². The molecule has 1 saturated heterocycles. The van der Waals surface area contributed by atoms with Crippen molar-refractivity contribution in [2.45, 2.75) is 38.7 Å². The molecule has 3 heteroatoms. The Bertz CT molecular complexity index is 162. The monoisotopic (exact) mass is 185 g/mol. The van der Waals surface area contributed by atoms with Crippen molar-refractivity contribution in [1.29, 1.82) is 0 Å². The number of hydrogen-bond acceptors (Lipinski definition) is 3. The Labute approximate surface area is 79.8 Å². The zero-order valence-corrected chi connectivity index (χ0v) is 8.51. The lowest BCUT2D eigenvalue weighted by Crippen LogP contribution is -2.34. The molecule has 0 aromatic rings. The van der Waals surface area contributed by atoms with Crippen molar-refractivity contribution in [1.82, 2.24) is 5.32 Å². The third kappa shape index (κ3) is 3.77. The summed E-state index contributed by atoms with van der Waals surface area (Å²) in [5.41, 5.74) is -0.288. The average molecular weight is 185 g/mol. The van der Waals surface area contributed by atoms with E-state index in [0.717, 1.165) is 19.5 Å². The van der Waals surface area contributed by atoms with Gasteiger partial charge in [0, 0.05) is 0 Å². The number of nitrogens with one attached hydrogen (secondary N) is 1. The molecule has 1 aliphatic rings. The summed E-state index contributed by atoms with van der Waals surface area (Å²) in [5.74, 6) is 0.705. The van der Waals surface area contributed by atoms with Crippen LogP contribution < -0.4 is 5.32 Å². The third-order valence-electron chi connectivity index (χ3n) is 2.61. The summed E-state index contributed by atoms with van der Waals surface area (Å²) in [4.78, 5) is 10.2. The summed E-state index contributed by atoms with van der Waals surface area (Å²) in [6.45, 7) is 6.71. The van der Waals surface area contributed by atoms with Gasteiger partial charge >= 0.3 is 0 Å². The van der Waals surface area contributed by atoms with E-state index in [1.54, 1.807) is 0 Å². The van der Waals surface area contributed by atoms with Gasteiger partial charge in [0.25, 0.3) is 6.47 Å². The van der Waals surface area contributed by atoms with Crippen LogP contribution in [0.1, 0.15) is 33.1 Å². The summed E-state index contributed by atoms with van der Waals surface area (Å²) in [6.07, 6.45) is 3.38. The molecule has 0 bridgehead atoms. The lowest BCUT2D eigenvalue weighted by Gasteiger charge is -2.30. The van der Waals surface area contributed by atoms with Gasteiger partial charge in [-0.25, -0.2) is 0 Å². The predicted molar refractivity (Wildman–Crippen MR) is 51.4 cm³/mol. The first-order valence-corrected chi connectivity index (χ1v) is 4.96. The topological polar surface area (TPSA) is 38.3 Å². The Morgan fingerprint density at radius 3 is 2.62 bits per heavy atom. The zero-order valence-electron chi connectivity index (χ0n) is 8.51. The minimum atomic E-state index is -0.288. The molecule has 1 heterocycles. The van der Waals surface area contributed by atoms with Crippen molar-refractivity contribution in [3.63, 3.8) is 0 Å². The van der Waals surface area contributed by atoms with Crippen LogP contribution in [0.2, 0.25) is 0 Å². The maximum absolute atomic E-state index is 10.2. The fraction of sp³-hybridized carbons (Fsp3) is 0.900. The van der Waals surface area contributed by atoms with Gasteiger partial charge in [0.2, 0.25) is 0 Å². The highest BCUT2D eigenvalue weighted by Crippen LogP contribution is 2.25. The summed E-state index contributed by atoms with van der Waals surface area (Å²) in [7, 11) is 0. The summed E-state index contributed by atoms with van der Waals surface area (Å²) >= 11 is 0. The Kier molecular flexibility index (Phi) is 3.72. The molecule has 0 spiro atoms. The highest BCUT2D eigenvalue weighted by atomic mass is 16.5. The second kappa shape index (κ2) is 4.61. The maximum atomic E-state index is 10.2. The maximum Gasteiger partial charge on any atom is 0.293 e. The molecule has 3 nitrogen and oxygen atoms in total. The van der Waals surface area contributed by atoms with Crippen LogP contribution in [0.25, 0.3) is 0 Å². The van der Waals surface area contributed by atoms with E-state index in [2.05, 4.69) is 5.32 Å². The number of carbonyl (C=O) groups excluding carboxylic acids is 1. The van der Waals surface area contributed by atoms with Crippen molar-refractivity contribution in [2.75, 3.05) is 13.1 Å². The molecule has 0 amide bonds. The quantitative estimate of drug-likeness (QED) is 0.671. The van der Waals surface area contributed by atoms with Crippen LogP contribution in [0, 0.1) is 5.92 Å². The molecule has 0 atom stereocenters. The Morgan fingerprint density at radius 2 is 2.08 bits per heavy atom. The smallest absolute Gasteiger partial charge is 0.293 e. The molecule has 76 valence electrons. The van der Waals surface area contributed by atoms with Crippen molar-refractivity contribution in [3.8, 4) is 0 Å². The first-order chi connectivity index (χ1) is 6.14. The molecule has 1 aliphatic heterocycles. The fourth-order valence-electron chi connectivity index (χ4n) is 1.96. The van der Waals surface area contributed by atoms with E-state index in [1.807, 2.05) is 13.8 Å². The summed E-state index contributed by atoms with van der Waals surface area (Å²) < 4.78 is 5.03. The summed E-state index contributed by atoms with van der Waals surface area (Å²) in [5, 5.41) is 3.32. The zero-order chi connectivity index (χ0) is 9.73. The molecule has 1 rings (SSSR count). The second-order valence-electron chi connectivity index (χ2n) is 4.37. The number of piperidine rings is 1. The predicted octanol–water partition coefficient (Wildman–Crippen LogP) is 1.33. The summed E-state index contributed by atoms with van der Waals surface area (Å²) in [6, 6.07) is 0. The van der Waals surface area contributed by atoms with E-state index >= 15 is 0 Å². The van der Waals surface area contributed by atoms with E-state index < -0.39 is 0 Å². The van der Waals surface area contributed by atoms with Gasteiger partial charge in [-0.15, -0.1) is 0 Å². The highest BCUT2D eigenvalue weighted by molar-refractivity contribution is 5.38. The van der Waals surface area contributed by atoms with Crippen LogP contribution in [0.15, 0.2) is 0 Å². The van der Waals surface area contributed by atoms with Gasteiger partial charge in [-0.1, -0.05) is 0 Å². The largest absolute Gasteiger partial charge is 0.462 e. The molecule has 1 N–H and O–H groups in total. The number of hydrogen-bond donors (Lipinski definition) is 1. The molecule has 13 heavy (non-hydrogen) atoms. The van der Waals surface area contributed by atoms with Crippen LogP contribution in [0.4, 0.5) is 0 Å². The standard InChI is InChI=1S/C10H19NO2/c1-10(2,13-8-12)7-9-3-5-11-6-4-9/h8-9,11H,3-7H2,1-2H3. The average Bonchev–Trinajstić information content (AvgIpc) is 2.04. The highest BCUT2D eigenvalue weighted by Gasteiger charge is 2.25. The van der Waals surface area contributed by atoms with E-state index in [1.165, 1.54) is 12.8 Å². The number of ether oxygens (including phenoxy) is 1. The molecule has 0 aromatic heterocycles. The minimum absolute atomic E-state index is 0.288. The van der Waals surface area contributed by atoms with Crippen LogP contribution >= 0.6 is 0 Å². The SMILES string of the molecule is CC(C)(CC1CCNCC1)OC=O. The molecule has 0 unspecified atom stereocenters. The molecule has 1 fully saturated rings. The van der Waals surface area contributed by atoms with Crippen molar-refractivity contribution in [3.05, 3.63) is 0 Å². The Hall–Kier alpha value is -0.570. The van der Waals surface area contributed by atoms with E-state index in [-0.39, 0.29) is 5.60 Å². The molecule has 0 aromatic carbocycles. The van der Waals surface area contributed by atoms with Crippen LogP contribution in [0.5, 0.6) is 0 Å². The first kappa shape index (κ1) is 10.5. The lowest BCUT2D eigenvalue weighted by atomic mass is 9.87. The second-order valence-corrected chi connectivity index (χ2v) is 4.37. The fourth-order valence-corrected chi connectivity index (χ4v) is 1.96. The van der Waals surface area contributed by atoms with Crippen LogP contribution in [0.3, 0.4) is 0 Å². The lowest BCUT2D eigenvalue weighted by molar-refractivity contribution is -0.141. The van der Waals surface area contributed by atoms with E-state index in [0.29, 0.717) is 12.4 Å². The minimum Gasteiger partial charge on any atom is -0.462 e. The van der Waals surface area contributed by atoms with Gasteiger partial charge in [0.1, 0.15) is 5.60 Å². The van der Waals surface area contributed by atoms with Gasteiger partial charge in [-0.05, 0) is 52.1 Å². The first-order valence-electron chi connectivity index (χ1n) is 4.96. The normalized spacial score (nSPS) is 19.8. The van der Waals surface area contributed by atoms with Gasteiger partial charge in [0.05, 0.1) is 0 Å².